The quantitative estimate of drug-likeness (QED) is 0.610. The second-order valence-corrected chi connectivity index (χ2v) is 1.56. The second kappa shape index (κ2) is 44.6. The lowest BCUT2D eigenvalue weighted by atomic mass is 10.9. The van der Waals surface area contributed by atoms with Crippen LogP contribution in [0.4, 0.5) is 0 Å². The van der Waals surface area contributed by atoms with E-state index in [0.29, 0.717) is 0 Å². The fourth-order valence-electron chi connectivity index (χ4n) is 0. The lowest BCUT2D eigenvalue weighted by Gasteiger charge is -1.59. The van der Waals surface area contributed by atoms with Crippen molar-refractivity contribution in [2.45, 2.75) is 20.8 Å². The molecule has 6 nitrogen and oxygen atoms in total. The van der Waals surface area contributed by atoms with Gasteiger partial charge in [-0.2, -0.15) is 0 Å². The Morgan fingerprint density at radius 1 is 0.529 bits per heavy atom. The van der Waals surface area contributed by atoms with E-state index in [-0.39, 0.29) is 62.0 Å². The van der Waals surface area contributed by atoms with Crippen LogP contribution in [0, 0.1) is 0 Å². The van der Waals surface area contributed by atoms with E-state index in [4.69, 9.17) is 29.7 Å². The SMILES string of the molecule is CC(=O)O.CC(=O)O.CC(=O)O.Cl.Cl.Cl.Cl.Cl. The van der Waals surface area contributed by atoms with E-state index in [1.165, 1.54) is 0 Å². The number of halogens is 5. The maximum Gasteiger partial charge on any atom is 0.300 e. The second-order valence-electron chi connectivity index (χ2n) is 1.56. The van der Waals surface area contributed by atoms with E-state index in [0.717, 1.165) is 20.8 Å². The van der Waals surface area contributed by atoms with Gasteiger partial charge in [-0.05, 0) is 0 Å². The first-order valence-electron chi connectivity index (χ1n) is 2.78. The molecule has 11 heteroatoms. The molecule has 0 unspecified atom stereocenters. The molecule has 0 bridgehead atoms. The van der Waals surface area contributed by atoms with Crippen molar-refractivity contribution in [3.63, 3.8) is 0 Å². The van der Waals surface area contributed by atoms with Crippen LogP contribution >= 0.6 is 62.0 Å². The highest BCUT2D eigenvalue weighted by Gasteiger charge is 1.66. The standard InChI is InChI=1S/3C2H4O2.5ClH/c3*1-2(3)4;;;;;/h3*1H3,(H,3,4);5*1H. The largest absolute Gasteiger partial charge is 0.481 e. The summed E-state index contributed by atoms with van der Waals surface area (Å²) in [7, 11) is 0. The van der Waals surface area contributed by atoms with Gasteiger partial charge in [0.05, 0.1) is 0 Å². The Hall–Kier alpha value is -0.140. The van der Waals surface area contributed by atoms with Gasteiger partial charge in [-0.1, -0.05) is 0 Å². The third-order valence-electron chi connectivity index (χ3n) is 0. The predicted octanol–water partition coefficient (Wildman–Crippen LogP) is 2.38. The number of carbonyl (C=O) groups is 3. The number of hydrogen-bond donors (Lipinski definition) is 3. The molecule has 0 spiro atoms. The molecule has 0 heterocycles. The topological polar surface area (TPSA) is 112 Å². The molecule has 17 heavy (non-hydrogen) atoms. The number of hydrogen-bond acceptors (Lipinski definition) is 3. The molecule has 0 saturated heterocycles. The van der Waals surface area contributed by atoms with E-state index in [1.54, 1.807) is 0 Å². The lowest BCUT2D eigenvalue weighted by Crippen LogP contribution is -1.78. The minimum Gasteiger partial charge on any atom is -0.481 e. The minimum atomic E-state index is -0.833. The summed E-state index contributed by atoms with van der Waals surface area (Å²) in [6.07, 6.45) is 0. The Bertz CT molecular complexity index is 124. The maximum absolute atomic E-state index is 9.00. The third kappa shape index (κ3) is 155000. The molecule has 0 amide bonds. The number of aliphatic carboxylic acids is 3. The number of carboxylic acids is 3. The zero-order valence-electron chi connectivity index (χ0n) is 9.11. The van der Waals surface area contributed by atoms with Gasteiger partial charge >= 0.3 is 0 Å². The molecule has 3 N–H and O–H groups in total. The van der Waals surface area contributed by atoms with E-state index in [9.17, 15) is 0 Å². The zero-order valence-corrected chi connectivity index (χ0v) is 13.2. The molecule has 0 aliphatic heterocycles. The highest BCUT2D eigenvalue weighted by molar-refractivity contribution is 5.86. The molecule has 0 rings (SSSR count). The van der Waals surface area contributed by atoms with Gasteiger partial charge in [0, 0.05) is 20.8 Å². The number of carboxylic acid groups (broad SMARTS) is 3. The van der Waals surface area contributed by atoms with Gasteiger partial charge in [-0.3, -0.25) is 14.4 Å². The first kappa shape index (κ1) is 54.0. The monoisotopic (exact) mass is 360 g/mol. The molecule has 0 aromatic carbocycles. The van der Waals surface area contributed by atoms with Crippen LogP contribution in [-0.4, -0.2) is 33.2 Å². The smallest absolute Gasteiger partial charge is 0.300 e. The van der Waals surface area contributed by atoms with Crippen LogP contribution in [0.15, 0.2) is 0 Å². The van der Waals surface area contributed by atoms with Crippen molar-refractivity contribution in [2.24, 2.45) is 0 Å². The molecule has 112 valence electrons. The summed E-state index contributed by atoms with van der Waals surface area (Å²) in [5, 5.41) is 22.2. The summed E-state index contributed by atoms with van der Waals surface area (Å²) in [6, 6.07) is 0. The first-order chi connectivity index (χ1) is 5.20. The van der Waals surface area contributed by atoms with Crippen molar-refractivity contribution in [3.8, 4) is 0 Å². The average molecular weight is 362 g/mol. The van der Waals surface area contributed by atoms with Gasteiger partial charge in [-0.15, -0.1) is 62.0 Å². The van der Waals surface area contributed by atoms with Gasteiger partial charge in [0.1, 0.15) is 0 Å². The highest BCUT2D eigenvalue weighted by atomic mass is 35.5. The van der Waals surface area contributed by atoms with Crippen LogP contribution in [-0.2, 0) is 14.4 Å². The molecule has 0 aliphatic carbocycles. The molecule has 0 atom stereocenters. The fraction of sp³-hybridized carbons (Fsp3) is 0.500. The molecule has 0 aromatic heterocycles. The molecule has 0 fully saturated rings. The first-order valence-corrected chi connectivity index (χ1v) is 2.78. The molecule has 0 saturated carbocycles. The summed E-state index contributed by atoms with van der Waals surface area (Å²) in [5.41, 5.74) is 0. The van der Waals surface area contributed by atoms with Crippen molar-refractivity contribution in [1.82, 2.24) is 0 Å². The van der Waals surface area contributed by atoms with E-state index < -0.39 is 17.9 Å². The Kier molecular flexibility index (Phi) is 142. The number of rotatable bonds is 0. The van der Waals surface area contributed by atoms with Crippen molar-refractivity contribution in [1.29, 1.82) is 0 Å². The van der Waals surface area contributed by atoms with Crippen molar-refractivity contribution in [2.75, 3.05) is 0 Å². The minimum absolute atomic E-state index is 0. The summed E-state index contributed by atoms with van der Waals surface area (Å²) in [4.78, 5) is 27.0. The van der Waals surface area contributed by atoms with Gasteiger partial charge < -0.3 is 15.3 Å². The Labute approximate surface area is 130 Å². The molecule has 0 aromatic rings. The maximum atomic E-state index is 9.00. The zero-order chi connectivity index (χ0) is 10.7. The summed E-state index contributed by atoms with van der Waals surface area (Å²) in [5.74, 6) is -2.50. The lowest BCUT2D eigenvalue weighted by molar-refractivity contribution is -0.135. The fourth-order valence-corrected chi connectivity index (χ4v) is 0. The predicted molar refractivity (Wildman–Crippen MR) is 76.2 cm³/mol. The summed E-state index contributed by atoms with van der Waals surface area (Å²) in [6.45, 7) is 3.25. The Morgan fingerprint density at radius 3 is 0.529 bits per heavy atom. The van der Waals surface area contributed by atoms with Gasteiger partial charge in [0.2, 0.25) is 0 Å². The van der Waals surface area contributed by atoms with Crippen molar-refractivity contribution >= 4 is 79.9 Å². The van der Waals surface area contributed by atoms with E-state index in [1.807, 2.05) is 0 Å². The molecular weight excluding hydrogens is 345 g/mol. The van der Waals surface area contributed by atoms with Crippen LogP contribution in [0.1, 0.15) is 20.8 Å². The summed E-state index contributed by atoms with van der Waals surface area (Å²) >= 11 is 0. The Morgan fingerprint density at radius 2 is 0.529 bits per heavy atom. The van der Waals surface area contributed by atoms with Crippen molar-refractivity contribution < 1.29 is 29.7 Å². The Balaban J connectivity index is -0.0000000104. The van der Waals surface area contributed by atoms with Gasteiger partial charge in [0.15, 0.2) is 0 Å². The van der Waals surface area contributed by atoms with Gasteiger partial charge in [0.25, 0.3) is 17.9 Å². The van der Waals surface area contributed by atoms with Crippen LogP contribution < -0.4 is 0 Å². The van der Waals surface area contributed by atoms with Crippen LogP contribution in [0.25, 0.3) is 0 Å². The molecule has 0 aliphatic rings. The normalized spacial score (nSPS) is 4.41. The molecule has 0 radical (unpaired) electrons. The van der Waals surface area contributed by atoms with Gasteiger partial charge in [-0.25, -0.2) is 0 Å². The highest BCUT2D eigenvalue weighted by Crippen LogP contribution is 1.42. The van der Waals surface area contributed by atoms with Crippen molar-refractivity contribution in [3.05, 3.63) is 0 Å². The third-order valence-corrected chi connectivity index (χ3v) is 0. The van der Waals surface area contributed by atoms with Crippen LogP contribution in [0.2, 0.25) is 0 Å². The summed E-state index contributed by atoms with van der Waals surface area (Å²) < 4.78 is 0. The van der Waals surface area contributed by atoms with E-state index >= 15 is 0 Å². The average Bonchev–Trinajstić information content (AvgIpc) is 1.54. The van der Waals surface area contributed by atoms with Crippen LogP contribution in [0.5, 0.6) is 0 Å². The van der Waals surface area contributed by atoms with E-state index in [2.05, 4.69) is 0 Å². The molecular formula is C6H17Cl5O6. The van der Waals surface area contributed by atoms with Crippen LogP contribution in [0.3, 0.4) is 0 Å².